The van der Waals surface area contributed by atoms with Gasteiger partial charge in [0.25, 0.3) is 0 Å². The van der Waals surface area contributed by atoms with Crippen molar-refractivity contribution in [3.8, 4) is 0 Å². The second-order valence-electron chi connectivity index (χ2n) is 5.02. The van der Waals surface area contributed by atoms with Crippen LogP contribution in [0.1, 0.15) is 36.3 Å². The summed E-state index contributed by atoms with van der Waals surface area (Å²) in [5.41, 5.74) is 1.92. The summed E-state index contributed by atoms with van der Waals surface area (Å²) < 4.78 is 5.17. The number of benzene rings is 1. The summed E-state index contributed by atoms with van der Waals surface area (Å²) in [7, 11) is 0. The van der Waals surface area contributed by atoms with Gasteiger partial charge in [0.05, 0.1) is 12.3 Å². The number of nitrogens with zero attached hydrogens (tertiary/aromatic N) is 1. The SMILES string of the molecule is CCOC(=O)C1CCCc2sc(Nc3ccccc3)nc21. The monoisotopic (exact) mass is 302 g/mol. The smallest absolute Gasteiger partial charge is 0.315 e. The number of carbonyl (C=O) groups excluding carboxylic acids is 1. The minimum absolute atomic E-state index is 0.144. The predicted octanol–water partition coefficient (Wildman–Crippen LogP) is 3.87. The quantitative estimate of drug-likeness (QED) is 0.871. The molecule has 110 valence electrons. The summed E-state index contributed by atoms with van der Waals surface area (Å²) in [6.07, 6.45) is 2.85. The van der Waals surface area contributed by atoms with E-state index in [0.717, 1.165) is 35.8 Å². The zero-order valence-corrected chi connectivity index (χ0v) is 12.8. The van der Waals surface area contributed by atoms with Crippen molar-refractivity contribution in [1.82, 2.24) is 4.98 Å². The van der Waals surface area contributed by atoms with Crippen molar-refractivity contribution in [3.05, 3.63) is 40.9 Å². The number of para-hydroxylation sites is 1. The molecule has 0 bridgehead atoms. The van der Waals surface area contributed by atoms with Gasteiger partial charge < -0.3 is 10.1 Å². The first-order valence-corrected chi connectivity index (χ1v) is 8.08. The van der Waals surface area contributed by atoms with Gasteiger partial charge in [-0.1, -0.05) is 18.2 Å². The van der Waals surface area contributed by atoms with E-state index >= 15 is 0 Å². The zero-order chi connectivity index (χ0) is 14.7. The van der Waals surface area contributed by atoms with Crippen LogP contribution in [0.5, 0.6) is 0 Å². The third kappa shape index (κ3) is 3.08. The van der Waals surface area contributed by atoms with Crippen molar-refractivity contribution in [2.45, 2.75) is 32.1 Å². The van der Waals surface area contributed by atoms with Gasteiger partial charge in [0, 0.05) is 10.6 Å². The molecule has 0 saturated carbocycles. The molecule has 1 heterocycles. The van der Waals surface area contributed by atoms with E-state index in [1.165, 1.54) is 4.88 Å². The summed E-state index contributed by atoms with van der Waals surface area (Å²) in [5.74, 6) is -0.341. The lowest BCUT2D eigenvalue weighted by molar-refractivity contribution is -0.145. The van der Waals surface area contributed by atoms with Crippen LogP contribution in [-0.2, 0) is 16.0 Å². The van der Waals surface area contributed by atoms with Gasteiger partial charge in [-0.15, -0.1) is 11.3 Å². The molecule has 0 radical (unpaired) electrons. The van der Waals surface area contributed by atoms with Crippen molar-refractivity contribution in [3.63, 3.8) is 0 Å². The van der Waals surface area contributed by atoms with E-state index in [1.54, 1.807) is 11.3 Å². The van der Waals surface area contributed by atoms with E-state index in [-0.39, 0.29) is 11.9 Å². The highest BCUT2D eigenvalue weighted by atomic mass is 32.1. The molecule has 1 atom stereocenters. The van der Waals surface area contributed by atoms with Gasteiger partial charge in [-0.2, -0.15) is 0 Å². The standard InChI is InChI=1S/C16H18N2O2S/c1-2-20-15(19)12-9-6-10-13-14(12)18-16(21-13)17-11-7-4-3-5-8-11/h3-5,7-8,12H,2,6,9-10H2,1H3,(H,17,18). The number of anilines is 2. The Labute approximate surface area is 128 Å². The molecule has 1 aliphatic rings. The summed E-state index contributed by atoms with van der Waals surface area (Å²) >= 11 is 1.64. The molecule has 1 N–H and O–H groups in total. The Balaban J connectivity index is 1.82. The van der Waals surface area contributed by atoms with Gasteiger partial charge in [0.15, 0.2) is 5.13 Å². The minimum Gasteiger partial charge on any atom is -0.465 e. The van der Waals surface area contributed by atoms with Gasteiger partial charge in [-0.3, -0.25) is 4.79 Å². The van der Waals surface area contributed by atoms with Crippen LogP contribution in [0.3, 0.4) is 0 Å². The molecular weight excluding hydrogens is 284 g/mol. The first-order valence-electron chi connectivity index (χ1n) is 7.26. The van der Waals surface area contributed by atoms with E-state index < -0.39 is 0 Å². The number of thiazole rings is 1. The topological polar surface area (TPSA) is 51.2 Å². The zero-order valence-electron chi connectivity index (χ0n) is 12.0. The molecular formula is C16H18N2O2S. The van der Waals surface area contributed by atoms with Crippen LogP contribution in [0.25, 0.3) is 0 Å². The van der Waals surface area contributed by atoms with E-state index in [4.69, 9.17) is 4.74 Å². The van der Waals surface area contributed by atoms with Crippen molar-refractivity contribution >= 4 is 28.1 Å². The Morgan fingerprint density at radius 1 is 1.43 bits per heavy atom. The predicted molar refractivity (Wildman–Crippen MR) is 84.2 cm³/mol. The molecule has 3 rings (SSSR count). The highest BCUT2D eigenvalue weighted by Gasteiger charge is 2.31. The van der Waals surface area contributed by atoms with E-state index in [9.17, 15) is 4.79 Å². The van der Waals surface area contributed by atoms with Gasteiger partial charge in [0.1, 0.15) is 5.92 Å². The van der Waals surface area contributed by atoms with Crippen molar-refractivity contribution in [2.75, 3.05) is 11.9 Å². The van der Waals surface area contributed by atoms with Crippen LogP contribution in [0.15, 0.2) is 30.3 Å². The van der Waals surface area contributed by atoms with Crippen LogP contribution in [0.2, 0.25) is 0 Å². The lowest BCUT2D eigenvalue weighted by atomic mass is 9.91. The number of ether oxygens (including phenoxy) is 1. The summed E-state index contributed by atoms with van der Waals surface area (Å²) in [6.45, 7) is 2.26. The number of aryl methyl sites for hydroxylation is 1. The van der Waals surface area contributed by atoms with E-state index in [1.807, 2.05) is 37.3 Å². The van der Waals surface area contributed by atoms with Crippen molar-refractivity contribution in [1.29, 1.82) is 0 Å². The fourth-order valence-corrected chi connectivity index (χ4v) is 3.67. The Kier molecular flexibility index (Phi) is 4.20. The summed E-state index contributed by atoms with van der Waals surface area (Å²) in [4.78, 5) is 17.9. The normalized spacial score (nSPS) is 17.1. The molecule has 0 spiro atoms. The van der Waals surface area contributed by atoms with E-state index in [0.29, 0.717) is 6.61 Å². The lowest BCUT2D eigenvalue weighted by Crippen LogP contribution is -2.20. The number of fused-ring (bicyclic) bond motifs is 1. The fourth-order valence-electron chi connectivity index (χ4n) is 2.59. The Bertz CT molecular complexity index is 624. The molecule has 1 aliphatic carbocycles. The number of rotatable bonds is 4. The number of hydrogen-bond donors (Lipinski definition) is 1. The lowest BCUT2D eigenvalue weighted by Gasteiger charge is -2.19. The van der Waals surface area contributed by atoms with Crippen molar-refractivity contribution in [2.24, 2.45) is 0 Å². The third-order valence-corrected chi connectivity index (χ3v) is 4.60. The Hall–Kier alpha value is -1.88. The second-order valence-corrected chi connectivity index (χ2v) is 6.10. The highest BCUT2D eigenvalue weighted by molar-refractivity contribution is 7.15. The maximum Gasteiger partial charge on any atom is 0.315 e. The van der Waals surface area contributed by atoms with Crippen LogP contribution in [0.4, 0.5) is 10.8 Å². The maximum absolute atomic E-state index is 12.1. The van der Waals surface area contributed by atoms with Crippen molar-refractivity contribution < 1.29 is 9.53 Å². The number of hydrogen-bond acceptors (Lipinski definition) is 5. The summed E-state index contributed by atoms with van der Waals surface area (Å²) in [5, 5.41) is 4.16. The molecule has 0 saturated heterocycles. The average Bonchev–Trinajstić information content (AvgIpc) is 2.90. The number of carbonyl (C=O) groups is 1. The number of aromatic nitrogens is 1. The highest BCUT2D eigenvalue weighted by Crippen LogP contribution is 2.38. The average molecular weight is 302 g/mol. The number of nitrogens with one attached hydrogen (secondary N) is 1. The number of esters is 1. The third-order valence-electron chi connectivity index (χ3n) is 3.55. The second kappa shape index (κ2) is 6.26. The molecule has 1 aromatic carbocycles. The Morgan fingerprint density at radius 3 is 3.00 bits per heavy atom. The van der Waals surface area contributed by atoms with Gasteiger partial charge in [0.2, 0.25) is 0 Å². The molecule has 2 aromatic rings. The fraction of sp³-hybridized carbons (Fsp3) is 0.375. The van der Waals surface area contributed by atoms with E-state index in [2.05, 4.69) is 10.3 Å². The first-order chi connectivity index (χ1) is 10.3. The first kappa shape index (κ1) is 14.1. The minimum atomic E-state index is -0.198. The van der Waals surface area contributed by atoms with Gasteiger partial charge in [-0.25, -0.2) is 4.98 Å². The molecule has 1 aromatic heterocycles. The molecule has 1 unspecified atom stereocenters. The largest absolute Gasteiger partial charge is 0.465 e. The van der Waals surface area contributed by atoms with Gasteiger partial charge in [-0.05, 0) is 38.3 Å². The molecule has 0 fully saturated rings. The molecule has 4 nitrogen and oxygen atoms in total. The van der Waals surface area contributed by atoms with Crippen LogP contribution >= 0.6 is 11.3 Å². The molecule has 0 amide bonds. The Morgan fingerprint density at radius 2 is 2.24 bits per heavy atom. The summed E-state index contributed by atoms with van der Waals surface area (Å²) in [6, 6.07) is 9.95. The van der Waals surface area contributed by atoms with Crippen LogP contribution in [-0.4, -0.2) is 17.6 Å². The van der Waals surface area contributed by atoms with Crippen LogP contribution in [0, 0.1) is 0 Å². The molecule has 5 heteroatoms. The molecule has 21 heavy (non-hydrogen) atoms. The molecule has 0 aliphatic heterocycles. The van der Waals surface area contributed by atoms with Crippen LogP contribution < -0.4 is 5.32 Å². The van der Waals surface area contributed by atoms with Gasteiger partial charge >= 0.3 is 5.97 Å². The maximum atomic E-state index is 12.1.